The molecule has 0 aromatic carbocycles. The lowest BCUT2D eigenvalue weighted by Crippen LogP contribution is -2.42. The van der Waals surface area contributed by atoms with Gasteiger partial charge < -0.3 is 10.6 Å². The van der Waals surface area contributed by atoms with E-state index in [1.165, 1.54) is 58.3 Å². The van der Waals surface area contributed by atoms with Gasteiger partial charge in [0, 0.05) is 25.2 Å². The molecular weight excluding hydrogens is 186 g/mol. The topological polar surface area (TPSA) is 32.5 Å². The van der Waals surface area contributed by atoms with Gasteiger partial charge in [0.05, 0.1) is 0 Å². The SMILES string of the molecule is CN1CCCN(C2CCC(N)CC2)CC1. The minimum absolute atomic E-state index is 0.482. The van der Waals surface area contributed by atoms with Crippen LogP contribution in [-0.2, 0) is 0 Å². The van der Waals surface area contributed by atoms with Gasteiger partial charge in [-0.25, -0.2) is 0 Å². The summed E-state index contributed by atoms with van der Waals surface area (Å²) < 4.78 is 0. The molecule has 2 aliphatic rings. The minimum atomic E-state index is 0.482. The predicted octanol–water partition coefficient (Wildman–Crippen LogP) is 0.894. The van der Waals surface area contributed by atoms with Crippen molar-refractivity contribution in [2.24, 2.45) is 5.73 Å². The molecule has 1 saturated heterocycles. The molecule has 0 unspecified atom stereocenters. The van der Waals surface area contributed by atoms with Crippen LogP contribution in [-0.4, -0.2) is 55.1 Å². The first-order valence-corrected chi connectivity index (χ1v) is 6.44. The summed E-state index contributed by atoms with van der Waals surface area (Å²) in [6.07, 6.45) is 6.45. The summed E-state index contributed by atoms with van der Waals surface area (Å²) >= 11 is 0. The van der Waals surface area contributed by atoms with Crippen LogP contribution in [0.1, 0.15) is 32.1 Å². The number of likely N-dealkylation sites (N-methyl/N-ethyl adjacent to an activating group) is 1. The average molecular weight is 211 g/mol. The molecule has 88 valence electrons. The van der Waals surface area contributed by atoms with E-state index >= 15 is 0 Å². The van der Waals surface area contributed by atoms with Crippen molar-refractivity contribution in [3.63, 3.8) is 0 Å². The van der Waals surface area contributed by atoms with Gasteiger partial charge in [-0.2, -0.15) is 0 Å². The Bertz CT molecular complexity index is 187. The molecule has 0 aromatic rings. The quantitative estimate of drug-likeness (QED) is 0.699. The third-order valence-electron chi connectivity index (χ3n) is 4.01. The maximum Gasteiger partial charge on any atom is 0.0112 e. The average Bonchev–Trinajstić information content (AvgIpc) is 2.44. The Morgan fingerprint density at radius 1 is 0.933 bits per heavy atom. The largest absolute Gasteiger partial charge is 0.328 e. The van der Waals surface area contributed by atoms with Crippen LogP contribution in [0.25, 0.3) is 0 Å². The van der Waals surface area contributed by atoms with E-state index in [4.69, 9.17) is 5.73 Å². The van der Waals surface area contributed by atoms with E-state index in [9.17, 15) is 0 Å². The van der Waals surface area contributed by atoms with E-state index < -0.39 is 0 Å². The van der Waals surface area contributed by atoms with Gasteiger partial charge in [-0.05, 0) is 52.2 Å². The Morgan fingerprint density at radius 3 is 2.40 bits per heavy atom. The van der Waals surface area contributed by atoms with Gasteiger partial charge in [0.15, 0.2) is 0 Å². The van der Waals surface area contributed by atoms with Crippen LogP contribution < -0.4 is 5.73 Å². The number of hydrogen-bond acceptors (Lipinski definition) is 3. The van der Waals surface area contributed by atoms with Gasteiger partial charge in [-0.1, -0.05) is 0 Å². The van der Waals surface area contributed by atoms with Crippen molar-refractivity contribution in [1.82, 2.24) is 9.80 Å². The van der Waals surface area contributed by atoms with E-state index in [1.54, 1.807) is 0 Å². The molecule has 3 heteroatoms. The summed E-state index contributed by atoms with van der Waals surface area (Å²) in [7, 11) is 2.24. The fourth-order valence-electron chi connectivity index (χ4n) is 2.90. The standard InChI is InChI=1S/C12H25N3/c1-14-7-2-8-15(10-9-14)12-5-3-11(13)4-6-12/h11-12H,2-10,13H2,1H3. The normalized spacial score (nSPS) is 36.4. The highest BCUT2D eigenvalue weighted by Crippen LogP contribution is 2.22. The Balaban J connectivity index is 1.82. The van der Waals surface area contributed by atoms with Crippen molar-refractivity contribution in [3.05, 3.63) is 0 Å². The van der Waals surface area contributed by atoms with Gasteiger partial charge in [0.1, 0.15) is 0 Å². The molecule has 3 nitrogen and oxygen atoms in total. The smallest absolute Gasteiger partial charge is 0.0112 e. The van der Waals surface area contributed by atoms with Crippen molar-refractivity contribution < 1.29 is 0 Å². The summed E-state index contributed by atoms with van der Waals surface area (Å²) in [5.41, 5.74) is 5.95. The van der Waals surface area contributed by atoms with Crippen molar-refractivity contribution in [2.45, 2.75) is 44.2 Å². The maximum absolute atomic E-state index is 5.95. The number of rotatable bonds is 1. The van der Waals surface area contributed by atoms with Crippen LogP contribution in [0.5, 0.6) is 0 Å². The molecular formula is C12H25N3. The molecule has 2 fully saturated rings. The lowest BCUT2D eigenvalue weighted by Gasteiger charge is -2.35. The fourth-order valence-corrected chi connectivity index (χ4v) is 2.90. The van der Waals surface area contributed by atoms with Crippen molar-refractivity contribution in [2.75, 3.05) is 33.2 Å². The first-order chi connectivity index (χ1) is 7.25. The molecule has 15 heavy (non-hydrogen) atoms. The van der Waals surface area contributed by atoms with Gasteiger partial charge >= 0.3 is 0 Å². The van der Waals surface area contributed by atoms with Crippen LogP contribution in [0.15, 0.2) is 0 Å². The zero-order valence-electron chi connectivity index (χ0n) is 9.99. The molecule has 0 atom stereocenters. The molecule has 1 aliphatic carbocycles. The summed E-state index contributed by atoms with van der Waals surface area (Å²) in [6, 6.07) is 1.31. The van der Waals surface area contributed by atoms with E-state index in [0.29, 0.717) is 6.04 Å². The summed E-state index contributed by atoms with van der Waals surface area (Å²) in [4.78, 5) is 5.16. The molecule has 1 saturated carbocycles. The van der Waals surface area contributed by atoms with Crippen molar-refractivity contribution >= 4 is 0 Å². The highest BCUT2D eigenvalue weighted by molar-refractivity contribution is 4.82. The van der Waals surface area contributed by atoms with Gasteiger partial charge in [-0.3, -0.25) is 4.90 Å². The molecule has 0 bridgehead atoms. The lowest BCUT2D eigenvalue weighted by atomic mass is 9.90. The zero-order chi connectivity index (χ0) is 10.7. The second-order valence-corrected chi connectivity index (χ2v) is 5.26. The number of nitrogens with two attached hydrogens (primary N) is 1. The Kier molecular flexibility index (Phi) is 4.00. The number of nitrogens with zero attached hydrogens (tertiary/aromatic N) is 2. The predicted molar refractivity (Wildman–Crippen MR) is 63.9 cm³/mol. The van der Waals surface area contributed by atoms with E-state index in [0.717, 1.165) is 6.04 Å². The van der Waals surface area contributed by atoms with Crippen LogP contribution in [0.2, 0.25) is 0 Å². The first kappa shape index (κ1) is 11.4. The Morgan fingerprint density at radius 2 is 1.67 bits per heavy atom. The van der Waals surface area contributed by atoms with Crippen molar-refractivity contribution in [1.29, 1.82) is 0 Å². The van der Waals surface area contributed by atoms with Gasteiger partial charge in [-0.15, -0.1) is 0 Å². The molecule has 0 aromatic heterocycles. The summed E-state index contributed by atoms with van der Waals surface area (Å²) in [6.45, 7) is 5.06. The molecule has 2 rings (SSSR count). The lowest BCUT2D eigenvalue weighted by molar-refractivity contribution is 0.155. The van der Waals surface area contributed by atoms with Crippen LogP contribution in [0.4, 0.5) is 0 Å². The minimum Gasteiger partial charge on any atom is -0.328 e. The summed E-state index contributed by atoms with van der Waals surface area (Å²) in [5, 5.41) is 0. The molecule has 1 aliphatic heterocycles. The third-order valence-corrected chi connectivity index (χ3v) is 4.01. The zero-order valence-corrected chi connectivity index (χ0v) is 9.99. The monoisotopic (exact) mass is 211 g/mol. The van der Waals surface area contributed by atoms with Crippen LogP contribution in [0, 0.1) is 0 Å². The molecule has 0 amide bonds. The highest BCUT2D eigenvalue weighted by Gasteiger charge is 2.25. The van der Waals surface area contributed by atoms with Crippen LogP contribution >= 0.6 is 0 Å². The maximum atomic E-state index is 5.95. The molecule has 1 heterocycles. The van der Waals surface area contributed by atoms with Crippen LogP contribution in [0.3, 0.4) is 0 Å². The van der Waals surface area contributed by atoms with Gasteiger partial charge in [0.25, 0.3) is 0 Å². The highest BCUT2D eigenvalue weighted by atomic mass is 15.2. The summed E-state index contributed by atoms with van der Waals surface area (Å²) in [5.74, 6) is 0. The van der Waals surface area contributed by atoms with E-state index in [-0.39, 0.29) is 0 Å². The van der Waals surface area contributed by atoms with Gasteiger partial charge in [0.2, 0.25) is 0 Å². The van der Waals surface area contributed by atoms with Crippen molar-refractivity contribution in [3.8, 4) is 0 Å². The molecule has 0 radical (unpaired) electrons. The second-order valence-electron chi connectivity index (χ2n) is 5.26. The van der Waals surface area contributed by atoms with E-state index in [1.807, 2.05) is 0 Å². The first-order valence-electron chi connectivity index (χ1n) is 6.44. The number of hydrogen-bond donors (Lipinski definition) is 1. The fraction of sp³-hybridized carbons (Fsp3) is 1.00. The second kappa shape index (κ2) is 5.28. The molecule has 0 spiro atoms. The van der Waals surface area contributed by atoms with E-state index in [2.05, 4.69) is 16.8 Å². The Labute approximate surface area is 93.6 Å². The third kappa shape index (κ3) is 3.16. The Hall–Kier alpha value is -0.120. The molecule has 2 N–H and O–H groups in total.